The van der Waals surface area contributed by atoms with E-state index in [0.717, 1.165) is 35.4 Å². The molecule has 0 radical (unpaired) electrons. The molecule has 4 rings (SSSR count). The van der Waals surface area contributed by atoms with E-state index in [0.29, 0.717) is 35.2 Å². The van der Waals surface area contributed by atoms with Gasteiger partial charge in [-0.25, -0.2) is 11.4 Å². The second-order valence-corrected chi connectivity index (χ2v) is 11.7. The van der Waals surface area contributed by atoms with Crippen molar-refractivity contribution in [1.29, 1.82) is 0 Å². The van der Waals surface area contributed by atoms with E-state index in [1.54, 1.807) is 18.2 Å². The Hall–Kier alpha value is -3.60. The second-order valence-electron chi connectivity index (χ2n) is 10.9. The van der Waals surface area contributed by atoms with Gasteiger partial charge in [-0.15, -0.1) is 5.10 Å². The Labute approximate surface area is 243 Å². The van der Waals surface area contributed by atoms with E-state index < -0.39 is 11.3 Å². The molecule has 2 aromatic carbocycles. The number of aromatic nitrogens is 2. The van der Waals surface area contributed by atoms with Crippen LogP contribution in [0.2, 0.25) is 10.0 Å². The number of nitrogens with two attached hydrogens (primary N) is 2. The highest BCUT2D eigenvalue weighted by Crippen LogP contribution is 2.34. The summed E-state index contributed by atoms with van der Waals surface area (Å²) in [5.74, 6) is 4.94. The first-order chi connectivity index (χ1) is 18.9. The van der Waals surface area contributed by atoms with Gasteiger partial charge in [0.05, 0.1) is 12.2 Å². The molecule has 3 aromatic rings. The van der Waals surface area contributed by atoms with Crippen LogP contribution < -0.4 is 22.4 Å². The van der Waals surface area contributed by atoms with E-state index in [1.807, 2.05) is 60.2 Å². The van der Waals surface area contributed by atoms with Crippen LogP contribution >= 0.6 is 23.2 Å². The standard InChI is InChI=1S/C28H34Cl2N8O2/c1-28(2,3)26(40)37-10-8-18(9-11-37)24-15-23(20-12-21(29)14-22(30)13-20)35-38(24)16-17-4-6-19(7-5-17)25(39)33-27(31)34-36-32/h4-7,12-15,18,36H,8-11,16,32H2,1-3H3,(H3,31,33,34,39). The van der Waals surface area contributed by atoms with Gasteiger partial charge >= 0.3 is 0 Å². The zero-order chi connectivity index (χ0) is 29.0. The van der Waals surface area contributed by atoms with Crippen molar-refractivity contribution in [3.05, 3.63) is 75.4 Å². The van der Waals surface area contributed by atoms with Gasteiger partial charge in [0, 0.05) is 51.3 Å². The number of likely N-dealkylation sites (tertiary alicyclic amines) is 1. The lowest BCUT2D eigenvalue weighted by Gasteiger charge is -2.35. The first-order valence-corrected chi connectivity index (χ1v) is 13.7. The highest BCUT2D eigenvalue weighted by molar-refractivity contribution is 6.35. The van der Waals surface area contributed by atoms with Crippen LogP contribution in [0.4, 0.5) is 0 Å². The van der Waals surface area contributed by atoms with E-state index in [1.165, 1.54) is 0 Å². The third-order valence-electron chi connectivity index (χ3n) is 6.79. The molecule has 1 fully saturated rings. The van der Waals surface area contributed by atoms with Crippen molar-refractivity contribution in [2.75, 3.05) is 13.1 Å². The topological polar surface area (TPSA) is 144 Å². The van der Waals surface area contributed by atoms with Crippen LogP contribution in [0.3, 0.4) is 0 Å². The Morgan fingerprint density at radius 3 is 2.25 bits per heavy atom. The Balaban J connectivity index is 1.59. The van der Waals surface area contributed by atoms with Gasteiger partial charge in [0.15, 0.2) is 0 Å². The highest BCUT2D eigenvalue weighted by Gasteiger charge is 2.32. The van der Waals surface area contributed by atoms with Crippen LogP contribution in [0.5, 0.6) is 0 Å². The van der Waals surface area contributed by atoms with Crippen molar-refractivity contribution < 1.29 is 9.59 Å². The minimum atomic E-state index is -0.406. The number of piperidine rings is 1. The summed E-state index contributed by atoms with van der Waals surface area (Å²) in [6.07, 6.45) is 1.67. The Morgan fingerprint density at radius 2 is 1.68 bits per heavy atom. The molecule has 2 heterocycles. The van der Waals surface area contributed by atoms with E-state index in [2.05, 4.69) is 16.5 Å². The van der Waals surface area contributed by atoms with Gasteiger partial charge in [-0.1, -0.05) is 56.1 Å². The van der Waals surface area contributed by atoms with E-state index in [-0.39, 0.29) is 17.8 Å². The van der Waals surface area contributed by atoms with Gasteiger partial charge in [0.25, 0.3) is 5.91 Å². The number of hydrazone groups is 1. The van der Waals surface area contributed by atoms with Gasteiger partial charge in [-0.2, -0.15) is 5.10 Å². The molecule has 0 spiro atoms. The molecule has 12 heteroatoms. The van der Waals surface area contributed by atoms with E-state index in [9.17, 15) is 9.59 Å². The molecule has 0 atom stereocenters. The maximum atomic E-state index is 12.8. The molecular formula is C28H34Cl2N8O2. The lowest BCUT2D eigenvalue weighted by Crippen LogP contribution is -2.43. The van der Waals surface area contributed by atoms with Gasteiger partial charge in [0.1, 0.15) is 0 Å². The number of rotatable bonds is 6. The molecule has 0 aliphatic carbocycles. The maximum Gasteiger partial charge on any atom is 0.257 e. The minimum Gasteiger partial charge on any atom is -0.368 e. The number of hydrogen-bond donors (Lipinski definition) is 4. The van der Waals surface area contributed by atoms with Gasteiger partial charge in [0.2, 0.25) is 11.9 Å². The summed E-state index contributed by atoms with van der Waals surface area (Å²) >= 11 is 12.6. The molecule has 2 amide bonds. The number of benzene rings is 2. The summed E-state index contributed by atoms with van der Waals surface area (Å²) in [6, 6.07) is 14.6. The number of guanidine groups is 1. The number of hydrogen-bond acceptors (Lipinski definition) is 6. The lowest BCUT2D eigenvalue weighted by atomic mass is 9.89. The second kappa shape index (κ2) is 12.3. The first kappa shape index (κ1) is 29.4. The van der Waals surface area contributed by atoms with Crippen LogP contribution in [-0.4, -0.2) is 45.5 Å². The molecular weight excluding hydrogens is 551 g/mol. The van der Waals surface area contributed by atoms with Crippen LogP contribution in [0.25, 0.3) is 11.3 Å². The minimum absolute atomic E-state index is 0.137. The molecule has 1 aromatic heterocycles. The number of nitrogens with zero attached hydrogens (tertiary/aromatic N) is 4. The van der Waals surface area contributed by atoms with E-state index >= 15 is 0 Å². The number of carbonyl (C=O) groups excluding carboxylic acids is 2. The van der Waals surface area contributed by atoms with Crippen molar-refractivity contribution in [2.45, 2.75) is 46.1 Å². The summed E-state index contributed by atoms with van der Waals surface area (Å²) in [6.45, 7) is 7.74. The Kier molecular flexibility index (Phi) is 9.02. The smallest absolute Gasteiger partial charge is 0.257 e. The Bertz CT molecular complexity index is 1380. The molecule has 0 bridgehead atoms. The number of carbonyl (C=O) groups is 2. The molecule has 0 saturated carbocycles. The molecule has 1 saturated heterocycles. The van der Waals surface area contributed by atoms with Gasteiger partial charge < -0.3 is 10.6 Å². The van der Waals surface area contributed by atoms with Crippen LogP contribution in [-0.2, 0) is 11.3 Å². The maximum absolute atomic E-state index is 12.8. The summed E-state index contributed by atoms with van der Waals surface area (Å²) < 4.78 is 1.99. The van der Waals surface area contributed by atoms with Crippen LogP contribution in [0.1, 0.15) is 61.1 Å². The normalized spacial score (nSPS) is 14.8. The fourth-order valence-electron chi connectivity index (χ4n) is 4.80. The van der Waals surface area contributed by atoms with Crippen LogP contribution in [0.15, 0.2) is 53.6 Å². The molecule has 0 unspecified atom stereocenters. The van der Waals surface area contributed by atoms with Crippen molar-refractivity contribution in [3.63, 3.8) is 0 Å². The number of halogens is 2. The average molecular weight is 586 g/mol. The predicted octanol–water partition coefficient (Wildman–Crippen LogP) is 4.08. The van der Waals surface area contributed by atoms with E-state index in [4.69, 9.17) is 39.9 Å². The quantitative estimate of drug-likeness (QED) is 0.149. The van der Waals surface area contributed by atoms with Crippen molar-refractivity contribution in [2.24, 2.45) is 22.1 Å². The average Bonchev–Trinajstić information content (AvgIpc) is 3.31. The van der Waals surface area contributed by atoms with Crippen molar-refractivity contribution >= 4 is 41.0 Å². The highest BCUT2D eigenvalue weighted by atomic mass is 35.5. The molecule has 212 valence electrons. The fourth-order valence-corrected chi connectivity index (χ4v) is 5.33. The zero-order valence-corrected chi connectivity index (χ0v) is 24.3. The van der Waals surface area contributed by atoms with Crippen molar-refractivity contribution in [1.82, 2.24) is 25.5 Å². The SMILES string of the molecule is CC(C)(C)C(=O)N1CCC(c2cc(-c3cc(Cl)cc(Cl)c3)nn2Cc2ccc(C(=O)N/C(N)=N/NN)cc2)CC1. The third kappa shape index (κ3) is 7.12. The van der Waals surface area contributed by atoms with Crippen LogP contribution in [0, 0.1) is 5.41 Å². The Morgan fingerprint density at radius 1 is 1.05 bits per heavy atom. The molecule has 1 aliphatic heterocycles. The first-order valence-electron chi connectivity index (χ1n) is 13.0. The predicted molar refractivity (Wildman–Crippen MR) is 158 cm³/mol. The summed E-state index contributed by atoms with van der Waals surface area (Å²) in [5.41, 5.74) is 11.3. The number of nitrogens with one attached hydrogen (secondary N) is 2. The molecule has 6 N–H and O–H groups in total. The number of hydrazine groups is 1. The lowest BCUT2D eigenvalue weighted by molar-refractivity contribution is -0.140. The van der Waals surface area contributed by atoms with Crippen molar-refractivity contribution in [3.8, 4) is 11.3 Å². The fraction of sp³-hybridized carbons (Fsp3) is 0.357. The summed E-state index contributed by atoms with van der Waals surface area (Å²) in [5, 5.41) is 12.0. The molecule has 10 nitrogen and oxygen atoms in total. The number of amides is 2. The summed E-state index contributed by atoms with van der Waals surface area (Å²) in [4.78, 5) is 27.2. The third-order valence-corrected chi connectivity index (χ3v) is 7.22. The van der Waals surface area contributed by atoms with Gasteiger partial charge in [-0.05, 0) is 54.8 Å². The zero-order valence-electron chi connectivity index (χ0n) is 22.7. The largest absolute Gasteiger partial charge is 0.368 e. The van der Waals surface area contributed by atoms with Gasteiger partial charge in [-0.3, -0.25) is 19.6 Å². The monoisotopic (exact) mass is 584 g/mol. The molecule has 40 heavy (non-hydrogen) atoms. The molecule has 1 aliphatic rings. The summed E-state index contributed by atoms with van der Waals surface area (Å²) in [7, 11) is 0.